The molecule has 1 fully saturated rings. The van der Waals surface area contributed by atoms with E-state index in [1.165, 1.54) is 0 Å². The van der Waals surface area contributed by atoms with Crippen LogP contribution >= 0.6 is 0 Å². The summed E-state index contributed by atoms with van der Waals surface area (Å²) in [5.74, 6) is 0.867. The molecule has 1 aromatic heterocycles. The van der Waals surface area contributed by atoms with Gasteiger partial charge in [-0.05, 0) is 31.9 Å². The number of carbonyl (C=O) groups excluding carboxylic acids is 1. The lowest BCUT2D eigenvalue weighted by Crippen LogP contribution is -2.34. The first kappa shape index (κ1) is 14.9. The lowest BCUT2D eigenvalue weighted by Gasteiger charge is -2.27. The molecule has 0 bridgehead atoms. The Morgan fingerprint density at radius 1 is 1.29 bits per heavy atom. The van der Waals surface area contributed by atoms with Crippen molar-refractivity contribution in [1.82, 2.24) is 14.9 Å². The van der Waals surface area contributed by atoms with Crippen LogP contribution in [0.1, 0.15) is 35.8 Å². The number of aryl methyl sites for hydroxylation is 1. The second-order valence-electron chi connectivity index (χ2n) is 6.24. The van der Waals surface area contributed by atoms with Crippen molar-refractivity contribution in [3.05, 3.63) is 59.2 Å². The molecule has 1 aromatic carbocycles. The third kappa shape index (κ3) is 2.66. The topological polar surface area (TPSA) is 55.3 Å². The number of para-hydroxylation sites is 1. The van der Waals surface area contributed by atoms with Gasteiger partial charge in [-0.2, -0.15) is 0 Å². The van der Waals surface area contributed by atoms with Crippen LogP contribution in [0.15, 0.2) is 42.2 Å². The van der Waals surface area contributed by atoms with E-state index in [2.05, 4.69) is 9.97 Å². The van der Waals surface area contributed by atoms with Gasteiger partial charge in [0.25, 0.3) is 5.91 Å². The van der Waals surface area contributed by atoms with Gasteiger partial charge in [0, 0.05) is 18.3 Å². The standard InChI is InChI=1S/C19H19N3O2/c1-13-10-20-11-16(21-13)17-6-4-8-22(17)19(23)15-9-14-5-2-3-7-18(14)24-12-15/h2-3,5,7,9-11,17H,4,6,8,12H2,1H3. The van der Waals surface area contributed by atoms with Crippen LogP contribution in [0.25, 0.3) is 6.08 Å². The van der Waals surface area contributed by atoms with Gasteiger partial charge in [-0.25, -0.2) is 0 Å². The highest BCUT2D eigenvalue weighted by atomic mass is 16.5. The van der Waals surface area contributed by atoms with E-state index in [0.29, 0.717) is 12.2 Å². The van der Waals surface area contributed by atoms with Crippen molar-refractivity contribution >= 4 is 12.0 Å². The molecule has 1 saturated heterocycles. The SMILES string of the molecule is Cc1cncc(C2CCCN2C(=O)C2=Cc3ccccc3OC2)n1. The fourth-order valence-electron chi connectivity index (χ4n) is 3.38. The predicted octanol–water partition coefficient (Wildman–Crippen LogP) is 2.92. The van der Waals surface area contributed by atoms with Gasteiger partial charge in [0.05, 0.1) is 29.2 Å². The van der Waals surface area contributed by atoms with Crippen LogP contribution in [0.5, 0.6) is 5.75 Å². The van der Waals surface area contributed by atoms with Gasteiger partial charge in [0.2, 0.25) is 0 Å². The number of rotatable bonds is 2. The van der Waals surface area contributed by atoms with E-state index in [1.54, 1.807) is 12.4 Å². The van der Waals surface area contributed by atoms with Crippen LogP contribution in [0, 0.1) is 6.92 Å². The Labute approximate surface area is 141 Å². The summed E-state index contributed by atoms with van der Waals surface area (Å²) in [5, 5.41) is 0. The lowest BCUT2D eigenvalue weighted by atomic mass is 10.1. The number of hydrogen-bond donors (Lipinski definition) is 0. The zero-order chi connectivity index (χ0) is 16.5. The second-order valence-corrected chi connectivity index (χ2v) is 6.24. The zero-order valence-corrected chi connectivity index (χ0v) is 13.6. The second kappa shape index (κ2) is 6.07. The maximum Gasteiger partial charge on any atom is 0.253 e. The summed E-state index contributed by atoms with van der Waals surface area (Å²) in [6.07, 6.45) is 7.35. The number of benzene rings is 1. The van der Waals surface area contributed by atoms with Gasteiger partial charge in [-0.15, -0.1) is 0 Å². The largest absolute Gasteiger partial charge is 0.488 e. The van der Waals surface area contributed by atoms with E-state index in [0.717, 1.165) is 42.1 Å². The molecule has 2 aliphatic heterocycles. The van der Waals surface area contributed by atoms with Gasteiger partial charge >= 0.3 is 0 Å². The van der Waals surface area contributed by atoms with Crippen LogP contribution in [0.4, 0.5) is 0 Å². The van der Waals surface area contributed by atoms with Crippen LogP contribution in [-0.2, 0) is 4.79 Å². The zero-order valence-electron chi connectivity index (χ0n) is 13.6. The number of amides is 1. The molecule has 2 aliphatic rings. The van der Waals surface area contributed by atoms with Crippen molar-refractivity contribution in [2.24, 2.45) is 0 Å². The normalized spacial score (nSPS) is 19.5. The molecule has 0 saturated carbocycles. The number of carbonyl (C=O) groups is 1. The third-order valence-corrected chi connectivity index (χ3v) is 4.54. The van der Waals surface area contributed by atoms with Crippen molar-refractivity contribution in [1.29, 1.82) is 0 Å². The summed E-state index contributed by atoms with van der Waals surface area (Å²) >= 11 is 0. The quantitative estimate of drug-likeness (QED) is 0.853. The molecule has 0 radical (unpaired) electrons. The van der Waals surface area contributed by atoms with Crippen molar-refractivity contribution in [3.63, 3.8) is 0 Å². The van der Waals surface area contributed by atoms with Gasteiger partial charge in [0.1, 0.15) is 12.4 Å². The highest BCUT2D eigenvalue weighted by Gasteiger charge is 2.33. The predicted molar refractivity (Wildman–Crippen MR) is 90.4 cm³/mol. The summed E-state index contributed by atoms with van der Waals surface area (Å²) in [6.45, 7) is 2.99. The van der Waals surface area contributed by atoms with Gasteiger partial charge in [0.15, 0.2) is 0 Å². The molecule has 0 N–H and O–H groups in total. The molecule has 4 rings (SSSR count). The number of fused-ring (bicyclic) bond motifs is 1. The highest BCUT2D eigenvalue weighted by Crippen LogP contribution is 2.33. The van der Waals surface area contributed by atoms with Crippen molar-refractivity contribution < 1.29 is 9.53 Å². The molecule has 0 aliphatic carbocycles. The number of aromatic nitrogens is 2. The summed E-state index contributed by atoms with van der Waals surface area (Å²) in [6, 6.07) is 7.78. The Morgan fingerprint density at radius 2 is 2.17 bits per heavy atom. The van der Waals surface area contributed by atoms with Crippen LogP contribution in [0.2, 0.25) is 0 Å². The van der Waals surface area contributed by atoms with Crippen LogP contribution in [-0.4, -0.2) is 33.9 Å². The Bertz CT molecular complexity index is 816. The molecular formula is C19H19N3O2. The molecule has 122 valence electrons. The molecule has 5 nitrogen and oxygen atoms in total. The van der Waals surface area contributed by atoms with E-state index in [1.807, 2.05) is 42.2 Å². The van der Waals surface area contributed by atoms with Crippen molar-refractivity contribution in [3.8, 4) is 5.75 Å². The maximum atomic E-state index is 13.0. The number of hydrogen-bond acceptors (Lipinski definition) is 4. The average molecular weight is 321 g/mol. The van der Waals surface area contributed by atoms with Gasteiger partial charge in [-0.1, -0.05) is 18.2 Å². The molecule has 0 spiro atoms. The number of likely N-dealkylation sites (tertiary alicyclic amines) is 1. The monoisotopic (exact) mass is 321 g/mol. The molecule has 24 heavy (non-hydrogen) atoms. The van der Waals surface area contributed by atoms with Crippen molar-refractivity contribution in [2.45, 2.75) is 25.8 Å². The van der Waals surface area contributed by atoms with E-state index in [4.69, 9.17) is 4.74 Å². The van der Waals surface area contributed by atoms with E-state index in [9.17, 15) is 4.79 Å². The Balaban J connectivity index is 1.61. The van der Waals surface area contributed by atoms with E-state index < -0.39 is 0 Å². The summed E-state index contributed by atoms with van der Waals surface area (Å²) in [5.41, 5.74) is 3.40. The Hall–Kier alpha value is -2.69. The first-order valence-electron chi connectivity index (χ1n) is 8.24. The first-order valence-corrected chi connectivity index (χ1v) is 8.24. The fourth-order valence-corrected chi connectivity index (χ4v) is 3.38. The highest BCUT2D eigenvalue weighted by molar-refractivity contribution is 5.99. The lowest BCUT2D eigenvalue weighted by molar-refractivity contribution is -0.128. The van der Waals surface area contributed by atoms with Gasteiger partial charge in [-0.3, -0.25) is 14.8 Å². The summed E-state index contributed by atoms with van der Waals surface area (Å²) in [7, 11) is 0. The smallest absolute Gasteiger partial charge is 0.253 e. The third-order valence-electron chi connectivity index (χ3n) is 4.54. The molecule has 5 heteroatoms. The minimum absolute atomic E-state index is 0.00275. The average Bonchev–Trinajstić information content (AvgIpc) is 3.10. The van der Waals surface area contributed by atoms with Crippen LogP contribution < -0.4 is 4.74 Å². The Morgan fingerprint density at radius 3 is 3.04 bits per heavy atom. The minimum atomic E-state index is 0.00275. The van der Waals surface area contributed by atoms with Gasteiger partial charge < -0.3 is 9.64 Å². The minimum Gasteiger partial charge on any atom is -0.488 e. The molecule has 1 amide bonds. The summed E-state index contributed by atoms with van der Waals surface area (Å²) < 4.78 is 5.73. The molecule has 1 unspecified atom stereocenters. The van der Waals surface area contributed by atoms with Crippen LogP contribution in [0.3, 0.4) is 0 Å². The van der Waals surface area contributed by atoms with E-state index >= 15 is 0 Å². The molecular weight excluding hydrogens is 302 g/mol. The number of nitrogens with zero attached hydrogens (tertiary/aromatic N) is 3. The maximum absolute atomic E-state index is 13.0. The summed E-state index contributed by atoms with van der Waals surface area (Å²) in [4.78, 5) is 23.7. The molecule has 3 heterocycles. The van der Waals surface area contributed by atoms with Crippen molar-refractivity contribution in [2.75, 3.05) is 13.2 Å². The van der Waals surface area contributed by atoms with E-state index in [-0.39, 0.29) is 11.9 Å². The molecule has 2 aromatic rings. The molecule has 1 atom stereocenters. The first-order chi connectivity index (χ1) is 11.7. The number of ether oxygens (including phenoxy) is 1. The fraction of sp³-hybridized carbons (Fsp3) is 0.316. The Kier molecular flexibility index (Phi) is 3.76.